The minimum absolute atomic E-state index is 0.787. The molecule has 0 radical (unpaired) electrons. The maximum absolute atomic E-state index is 4.78. The summed E-state index contributed by atoms with van der Waals surface area (Å²) >= 11 is 0. The third kappa shape index (κ3) is 4.35. The maximum atomic E-state index is 4.78. The van der Waals surface area contributed by atoms with Crippen LogP contribution in [0.2, 0.25) is 0 Å². The van der Waals surface area contributed by atoms with E-state index in [0.29, 0.717) is 0 Å². The molecular weight excluding hydrogens is 350 g/mol. The molecule has 0 fully saturated rings. The Kier molecular flexibility index (Phi) is 5.67. The number of benzene rings is 3. The van der Waals surface area contributed by atoms with Gasteiger partial charge in [0.1, 0.15) is 0 Å². The van der Waals surface area contributed by atoms with Gasteiger partial charge < -0.3 is 0 Å². The molecule has 3 aromatic carbocycles. The molecule has 0 saturated carbocycles. The number of hydrogen-bond donors (Lipinski definition) is 0. The van der Waals surface area contributed by atoms with E-state index in [1.54, 1.807) is 0 Å². The third-order valence-corrected chi connectivity index (χ3v) is 5.22. The molecule has 0 atom stereocenters. The van der Waals surface area contributed by atoms with Gasteiger partial charge in [-0.25, -0.2) is 0 Å². The Morgan fingerprint density at radius 3 is 1.62 bits per heavy atom. The van der Waals surface area contributed by atoms with Gasteiger partial charge in [0.25, 0.3) is 0 Å². The molecule has 4 rings (SSSR count). The van der Waals surface area contributed by atoms with Gasteiger partial charge in [0.15, 0.2) is 0 Å². The molecule has 0 aliphatic rings. The van der Waals surface area contributed by atoms with Crippen LogP contribution in [0.15, 0.2) is 103 Å². The zero-order valence-corrected chi connectivity index (χ0v) is 17.0. The Morgan fingerprint density at radius 2 is 1.14 bits per heavy atom. The highest BCUT2D eigenvalue weighted by molar-refractivity contribution is 5.99. The Balaban J connectivity index is 1.98. The van der Waals surface area contributed by atoms with Crippen LogP contribution in [0, 0.1) is 13.8 Å². The van der Waals surface area contributed by atoms with Crippen LogP contribution in [0.1, 0.15) is 33.5 Å². The topological polar surface area (TPSA) is 12.9 Å². The number of pyridine rings is 1. The summed E-state index contributed by atoms with van der Waals surface area (Å²) in [6, 6.07) is 34.3. The van der Waals surface area contributed by atoms with Gasteiger partial charge in [-0.15, -0.1) is 0 Å². The summed E-state index contributed by atoms with van der Waals surface area (Å²) in [4.78, 5) is 4.78. The minimum atomic E-state index is 0.787. The van der Waals surface area contributed by atoms with Gasteiger partial charge in [-0.3, -0.25) is 4.98 Å². The van der Waals surface area contributed by atoms with Crippen molar-refractivity contribution in [3.8, 4) is 0 Å². The molecule has 0 aliphatic heterocycles. The van der Waals surface area contributed by atoms with Gasteiger partial charge in [0.2, 0.25) is 0 Å². The number of aromatic nitrogens is 1. The van der Waals surface area contributed by atoms with E-state index >= 15 is 0 Å². The first-order valence-corrected chi connectivity index (χ1v) is 10.0. The average molecular weight is 376 g/mol. The fourth-order valence-electron chi connectivity index (χ4n) is 3.80. The smallest absolute Gasteiger partial charge is 0.0477 e. The molecule has 0 spiro atoms. The molecule has 0 aliphatic carbocycles. The van der Waals surface area contributed by atoms with E-state index in [1.807, 2.05) is 6.20 Å². The summed E-state index contributed by atoms with van der Waals surface area (Å²) in [6.45, 7) is 4.25. The van der Waals surface area contributed by atoms with Gasteiger partial charge in [-0.2, -0.15) is 0 Å². The number of allylic oxidation sites excluding steroid dienone is 1. The lowest BCUT2D eigenvalue weighted by atomic mass is 9.86. The average Bonchev–Trinajstić information content (AvgIpc) is 2.77. The van der Waals surface area contributed by atoms with E-state index in [0.717, 1.165) is 12.1 Å². The van der Waals surface area contributed by atoms with E-state index in [1.165, 1.54) is 39.0 Å². The highest BCUT2D eigenvalue weighted by Crippen LogP contribution is 2.34. The number of aryl methyl sites for hydroxylation is 2. The predicted octanol–water partition coefficient (Wildman–Crippen LogP) is 6.90. The van der Waals surface area contributed by atoms with Gasteiger partial charge in [0, 0.05) is 18.3 Å². The van der Waals surface area contributed by atoms with Gasteiger partial charge in [-0.05, 0) is 52.8 Å². The lowest BCUT2D eigenvalue weighted by Gasteiger charge is -2.18. The van der Waals surface area contributed by atoms with Crippen molar-refractivity contribution in [2.75, 3.05) is 0 Å². The predicted molar refractivity (Wildman–Crippen MR) is 123 cm³/mol. The molecule has 0 amide bonds. The molecule has 142 valence electrons. The first-order chi connectivity index (χ1) is 14.2. The van der Waals surface area contributed by atoms with Crippen LogP contribution in [-0.4, -0.2) is 4.98 Å². The molecule has 1 heteroatoms. The fourth-order valence-corrected chi connectivity index (χ4v) is 3.80. The summed E-state index contributed by atoms with van der Waals surface area (Å²) < 4.78 is 0. The van der Waals surface area contributed by atoms with Crippen molar-refractivity contribution in [2.45, 2.75) is 20.3 Å². The van der Waals surface area contributed by atoms with Crippen molar-refractivity contribution >= 4 is 11.1 Å². The SMILES string of the molecule is Cc1cnc(CC(=C(c2ccccc2)c2ccccc2)c2ccccc2)c(C)c1. The largest absolute Gasteiger partial charge is 0.260 e. The van der Waals surface area contributed by atoms with Crippen LogP contribution >= 0.6 is 0 Å². The minimum Gasteiger partial charge on any atom is -0.260 e. The molecule has 1 heterocycles. The van der Waals surface area contributed by atoms with Crippen molar-refractivity contribution in [2.24, 2.45) is 0 Å². The Hall–Kier alpha value is -3.45. The molecule has 0 unspecified atom stereocenters. The number of rotatable bonds is 5. The summed E-state index contributed by atoms with van der Waals surface area (Å²) in [7, 11) is 0. The zero-order valence-electron chi connectivity index (χ0n) is 17.0. The van der Waals surface area contributed by atoms with Crippen LogP contribution in [0.3, 0.4) is 0 Å². The molecular formula is C28H25N. The molecule has 29 heavy (non-hydrogen) atoms. The maximum Gasteiger partial charge on any atom is 0.0477 e. The lowest BCUT2D eigenvalue weighted by molar-refractivity contribution is 1.07. The Bertz CT molecular complexity index is 1070. The summed E-state index contributed by atoms with van der Waals surface area (Å²) in [5.74, 6) is 0. The van der Waals surface area contributed by atoms with Crippen LogP contribution in [0.25, 0.3) is 11.1 Å². The molecule has 0 bridgehead atoms. The van der Waals surface area contributed by atoms with Gasteiger partial charge in [-0.1, -0.05) is 97.1 Å². The quantitative estimate of drug-likeness (QED) is 0.346. The second-order valence-electron chi connectivity index (χ2n) is 7.40. The third-order valence-electron chi connectivity index (χ3n) is 5.22. The van der Waals surface area contributed by atoms with Crippen molar-refractivity contribution in [3.05, 3.63) is 137 Å². The van der Waals surface area contributed by atoms with Gasteiger partial charge >= 0.3 is 0 Å². The van der Waals surface area contributed by atoms with E-state index in [9.17, 15) is 0 Å². The van der Waals surface area contributed by atoms with E-state index in [4.69, 9.17) is 4.98 Å². The van der Waals surface area contributed by atoms with Crippen molar-refractivity contribution in [3.63, 3.8) is 0 Å². The summed E-state index contributed by atoms with van der Waals surface area (Å²) in [6.07, 6.45) is 2.75. The fraction of sp³-hybridized carbons (Fsp3) is 0.107. The van der Waals surface area contributed by atoms with E-state index in [-0.39, 0.29) is 0 Å². The normalized spacial score (nSPS) is 10.6. The number of nitrogens with zero attached hydrogens (tertiary/aromatic N) is 1. The molecule has 1 nitrogen and oxygen atoms in total. The van der Waals surface area contributed by atoms with Crippen molar-refractivity contribution in [1.29, 1.82) is 0 Å². The highest BCUT2D eigenvalue weighted by Gasteiger charge is 2.16. The standard InChI is InChI=1S/C28H25N/c1-21-18-22(2)27(29-20-21)19-26(23-12-6-3-7-13-23)28(24-14-8-4-9-15-24)25-16-10-5-11-17-25/h3-18,20H,19H2,1-2H3. The molecule has 0 saturated heterocycles. The monoisotopic (exact) mass is 375 g/mol. The van der Waals surface area contributed by atoms with Crippen LogP contribution in [0.5, 0.6) is 0 Å². The summed E-state index contributed by atoms with van der Waals surface area (Å²) in [5, 5.41) is 0. The molecule has 0 N–H and O–H groups in total. The lowest BCUT2D eigenvalue weighted by Crippen LogP contribution is -2.02. The number of hydrogen-bond acceptors (Lipinski definition) is 1. The van der Waals surface area contributed by atoms with Crippen LogP contribution in [-0.2, 0) is 6.42 Å². The van der Waals surface area contributed by atoms with Crippen LogP contribution in [0.4, 0.5) is 0 Å². The first kappa shape index (κ1) is 18.9. The summed E-state index contributed by atoms with van der Waals surface area (Å²) in [5.41, 5.74) is 9.80. The molecule has 4 aromatic rings. The van der Waals surface area contributed by atoms with E-state index in [2.05, 4.69) is 111 Å². The Labute approximate surface area is 173 Å². The highest BCUT2D eigenvalue weighted by atomic mass is 14.7. The Morgan fingerprint density at radius 1 is 0.655 bits per heavy atom. The first-order valence-electron chi connectivity index (χ1n) is 10.0. The molecule has 1 aromatic heterocycles. The van der Waals surface area contributed by atoms with Gasteiger partial charge in [0.05, 0.1) is 0 Å². The van der Waals surface area contributed by atoms with E-state index < -0.39 is 0 Å². The van der Waals surface area contributed by atoms with Crippen molar-refractivity contribution < 1.29 is 0 Å². The second kappa shape index (κ2) is 8.70. The zero-order chi connectivity index (χ0) is 20.1. The second-order valence-corrected chi connectivity index (χ2v) is 7.40. The van der Waals surface area contributed by atoms with Crippen molar-refractivity contribution in [1.82, 2.24) is 4.98 Å². The van der Waals surface area contributed by atoms with Crippen LogP contribution < -0.4 is 0 Å².